The lowest BCUT2D eigenvalue weighted by atomic mass is 10.2. The molecular formula is C14H20N2O6. The fourth-order valence-corrected chi connectivity index (χ4v) is 1.76. The van der Waals surface area contributed by atoms with E-state index in [1.807, 2.05) is 0 Å². The van der Waals surface area contributed by atoms with Crippen LogP contribution in [0.3, 0.4) is 0 Å². The summed E-state index contributed by atoms with van der Waals surface area (Å²) in [6.07, 6.45) is 1.20. The van der Waals surface area contributed by atoms with Gasteiger partial charge in [-0.15, -0.1) is 0 Å². The second-order valence-corrected chi connectivity index (χ2v) is 5.59. The van der Waals surface area contributed by atoms with Crippen LogP contribution in [0.4, 0.5) is 5.69 Å². The minimum absolute atomic E-state index is 0.00446. The van der Waals surface area contributed by atoms with Crippen LogP contribution in [0.15, 0.2) is 12.3 Å². The molecule has 0 spiro atoms. The standard InChI is InChI=1S/C14H20N2O6/c1-5-21-13(18)11-8-10(16(19)20)9-15(11)7-6-12(17)22-14(2,3)4/h8-9H,5-7H2,1-4H3. The number of aryl methyl sites for hydroxylation is 1. The first-order chi connectivity index (χ1) is 10.1. The van der Waals surface area contributed by atoms with Crippen molar-refractivity contribution >= 4 is 17.6 Å². The van der Waals surface area contributed by atoms with Crippen LogP contribution in [0.1, 0.15) is 44.6 Å². The second kappa shape index (κ2) is 7.06. The summed E-state index contributed by atoms with van der Waals surface area (Å²) in [7, 11) is 0. The number of ether oxygens (including phenoxy) is 2. The number of esters is 2. The Balaban J connectivity index is 2.86. The maximum Gasteiger partial charge on any atom is 0.355 e. The molecule has 22 heavy (non-hydrogen) atoms. The highest BCUT2D eigenvalue weighted by Crippen LogP contribution is 2.18. The highest BCUT2D eigenvalue weighted by Gasteiger charge is 2.22. The van der Waals surface area contributed by atoms with Gasteiger partial charge in [-0.05, 0) is 27.7 Å². The average Bonchev–Trinajstić information content (AvgIpc) is 2.79. The summed E-state index contributed by atoms with van der Waals surface area (Å²) in [5, 5.41) is 10.8. The van der Waals surface area contributed by atoms with Crippen LogP contribution in [-0.4, -0.2) is 33.6 Å². The van der Waals surface area contributed by atoms with E-state index in [-0.39, 0.29) is 31.0 Å². The third-order valence-corrected chi connectivity index (χ3v) is 2.55. The fraction of sp³-hybridized carbons (Fsp3) is 0.571. The van der Waals surface area contributed by atoms with Crippen LogP contribution in [0.25, 0.3) is 0 Å². The molecule has 0 aliphatic heterocycles. The van der Waals surface area contributed by atoms with Crippen molar-refractivity contribution < 1.29 is 24.0 Å². The van der Waals surface area contributed by atoms with E-state index in [0.717, 1.165) is 6.07 Å². The molecule has 0 aromatic carbocycles. The lowest BCUT2D eigenvalue weighted by Crippen LogP contribution is -2.24. The van der Waals surface area contributed by atoms with Crippen LogP contribution in [0.2, 0.25) is 0 Å². The van der Waals surface area contributed by atoms with E-state index in [1.54, 1.807) is 27.7 Å². The predicted octanol–water partition coefficient (Wildman–Crippen LogP) is 2.30. The quantitative estimate of drug-likeness (QED) is 0.454. The monoisotopic (exact) mass is 312 g/mol. The van der Waals surface area contributed by atoms with E-state index in [4.69, 9.17) is 9.47 Å². The number of aromatic nitrogens is 1. The Labute approximate surface area is 128 Å². The summed E-state index contributed by atoms with van der Waals surface area (Å²) in [6, 6.07) is 1.13. The molecule has 0 radical (unpaired) electrons. The van der Waals surface area contributed by atoms with E-state index in [0.29, 0.717) is 0 Å². The smallest absolute Gasteiger partial charge is 0.355 e. The molecule has 8 nitrogen and oxygen atoms in total. The second-order valence-electron chi connectivity index (χ2n) is 5.59. The van der Waals surface area contributed by atoms with Gasteiger partial charge >= 0.3 is 11.9 Å². The number of nitrogens with zero attached hydrogens (tertiary/aromatic N) is 2. The lowest BCUT2D eigenvalue weighted by molar-refractivity contribution is -0.384. The maximum atomic E-state index is 11.8. The molecule has 0 amide bonds. The molecule has 1 aromatic heterocycles. The van der Waals surface area contributed by atoms with Crippen LogP contribution in [-0.2, 0) is 20.8 Å². The van der Waals surface area contributed by atoms with Crippen molar-refractivity contribution in [2.75, 3.05) is 6.61 Å². The summed E-state index contributed by atoms with van der Waals surface area (Å²) < 4.78 is 11.3. The molecule has 0 fully saturated rings. The van der Waals surface area contributed by atoms with Gasteiger partial charge in [0.05, 0.1) is 24.1 Å². The van der Waals surface area contributed by atoms with Gasteiger partial charge in [-0.25, -0.2) is 4.79 Å². The normalized spacial score (nSPS) is 11.1. The number of hydrogen-bond acceptors (Lipinski definition) is 6. The Hall–Kier alpha value is -2.38. The molecule has 0 aliphatic carbocycles. The molecule has 1 heterocycles. The number of nitro groups is 1. The highest BCUT2D eigenvalue weighted by molar-refractivity contribution is 5.88. The number of hydrogen-bond donors (Lipinski definition) is 0. The zero-order valence-electron chi connectivity index (χ0n) is 13.1. The van der Waals surface area contributed by atoms with E-state index >= 15 is 0 Å². The molecule has 0 aliphatic rings. The number of carbonyl (C=O) groups excluding carboxylic acids is 2. The molecule has 1 aromatic rings. The molecule has 0 saturated carbocycles. The van der Waals surface area contributed by atoms with Gasteiger partial charge in [0.25, 0.3) is 5.69 Å². The van der Waals surface area contributed by atoms with Crippen molar-refractivity contribution in [1.82, 2.24) is 4.57 Å². The van der Waals surface area contributed by atoms with Gasteiger partial charge in [-0.1, -0.05) is 0 Å². The van der Waals surface area contributed by atoms with Gasteiger partial charge < -0.3 is 14.0 Å². The molecular weight excluding hydrogens is 292 g/mol. The first-order valence-electron chi connectivity index (χ1n) is 6.87. The molecule has 0 saturated heterocycles. The van der Waals surface area contributed by atoms with Gasteiger partial charge in [0.2, 0.25) is 0 Å². The molecule has 0 unspecified atom stereocenters. The van der Waals surface area contributed by atoms with Crippen LogP contribution < -0.4 is 0 Å². The summed E-state index contributed by atoms with van der Waals surface area (Å²) >= 11 is 0. The van der Waals surface area contributed by atoms with Crippen molar-refractivity contribution in [1.29, 1.82) is 0 Å². The minimum Gasteiger partial charge on any atom is -0.461 e. The Morgan fingerprint density at radius 3 is 2.50 bits per heavy atom. The number of carbonyl (C=O) groups is 2. The third kappa shape index (κ3) is 5.19. The Morgan fingerprint density at radius 1 is 1.36 bits per heavy atom. The molecule has 0 atom stereocenters. The van der Waals surface area contributed by atoms with Crippen LogP contribution in [0, 0.1) is 10.1 Å². The van der Waals surface area contributed by atoms with Crippen molar-refractivity contribution in [3.05, 3.63) is 28.1 Å². The summed E-state index contributed by atoms with van der Waals surface area (Å²) in [4.78, 5) is 33.7. The van der Waals surface area contributed by atoms with Crippen molar-refractivity contribution in [2.45, 2.75) is 46.3 Å². The minimum atomic E-state index is -0.667. The maximum absolute atomic E-state index is 11.8. The Morgan fingerprint density at radius 2 is 2.00 bits per heavy atom. The molecule has 122 valence electrons. The highest BCUT2D eigenvalue weighted by atomic mass is 16.6. The topological polar surface area (TPSA) is 101 Å². The zero-order valence-corrected chi connectivity index (χ0v) is 13.1. The van der Waals surface area contributed by atoms with Gasteiger partial charge in [0, 0.05) is 12.6 Å². The SMILES string of the molecule is CCOC(=O)c1cc([N+](=O)[O-])cn1CCC(=O)OC(C)(C)C. The van der Waals surface area contributed by atoms with Crippen LogP contribution in [0.5, 0.6) is 0 Å². The first kappa shape index (κ1) is 17.7. The lowest BCUT2D eigenvalue weighted by Gasteiger charge is -2.19. The van der Waals surface area contributed by atoms with Crippen molar-refractivity contribution in [3.63, 3.8) is 0 Å². The predicted molar refractivity (Wildman–Crippen MR) is 77.5 cm³/mol. The van der Waals surface area contributed by atoms with Crippen molar-refractivity contribution in [3.8, 4) is 0 Å². The van der Waals surface area contributed by atoms with Gasteiger partial charge in [0.1, 0.15) is 11.3 Å². The fourth-order valence-electron chi connectivity index (χ4n) is 1.76. The van der Waals surface area contributed by atoms with E-state index in [2.05, 4.69) is 0 Å². The van der Waals surface area contributed by atoms with Gasteiger partial charge in [-0.3, -0.25) is 14.9 Å². The zero-order chi connectivity index (χ0) is 16.9. The Kier molecular flexibility index (Phi) is 5.67. The molecule has 8 heteroatoms. The van der Waals surface area contributed by atoms with Crippen LogP contribution >= 0.6 is 0 Å². The summed E-state index contributed by atoms with van der Waals surface area (Å²) in [5.41, 5.74) is -0.798. The molecule has 1 rings (SSSR count). The largest absolute Gasteiger partial charge is 0.461 e. The first-order valence-corrected chi connectivity index (χ1v) is 6.87. The van der Waals surface area contributed by atoms with E-state index in [1.165, 1.54) is 10.8 Å². The Bertz CT molecular complexity index is 570. The van der Waals surface area contributed by atoms with Gasteiger partial charge in [-0.2, -0.15) is 0 Å². The summed E-state index contributed by atoms with van der Waals surface area (Å²) in [6.45, 7) is 7.13. The van der Waals surface area contributed by atoms with Gasteiger partial charge in [0.15, 0.2) is 0 Å². The molecule has 0 bridgehead atoms. The van der Waals surface area contributed by atoms with E-state index < -0.39 is 22.5 Å². The third-order valence-electron chi connectivity index (χ3n) is 2.55. The average molecular weight is 312 g/mol. The van der Waals surface area contributed by atoms with Crippen molar-refractivity contribution in [2.24, 2.45) is 0 Å². The van der Waals surface area contributed by atoms with E-state index in [9.17, 15) is 19.7 Å². The molecule has 0 N–H and O–H groups in total. The summed E-state index contributed by atoms with van der Waals surface area (Å²) in [5.74, 6) is -1.11. The number of rotatable bonds is 6.